The number of aryl methyl sites for hydroxylation is 1. The van der Waals surface area contributed by atoms with Crippen LogP contribution in [0.5, 0.6) is 5.75 Å². The lowest BCUT2D eigenvalue weighted by atomic mass is 10.2. The summed E-state index contributed by atoms with van der Waals surface area (Å²) in [6.07, 6.45) is 0. The fourth-order valence-electron chi connectivity index (χ4n) is 1.53. The number of methoxy groups -OCH3 is 1. The largest absolute Gasteiger partial charge is 0.496 e. The number of carbonyl (C=O) groups is 1. The van der Waals surface area contributed by atoms with Crippen molar-refractivity contribution < 1.29 is 14.1 Å². The third-order valence-electron chi connectivity index (χ3n) is 2.38. The van der Waals surface area contributed by atoms with E-state index in [0.717, 1.165) is 0 Å². The summed E-state index contributed by atoms with van der Waals surface area (Å²) in [5.74, 6) is 0.990. The van der Waals surface area contributed by atoms with Crippen LogP contribution in [0.15, 0.2) is 22.7 Å². The van der Waals surface area contributed by atoms with Gasteiger partial charge in [0.1, 0.15) is 5.75 Å². The molecule has 7 heteroatoms. The minimum atomic E-state index is -0.318. The minimum absolute atomic E-state index is 0.172. The maximum absolute atomic E-state index is 12.0. The molecule has 1 aromatic heterocycles. The van der Waals surface area contributed by atoms with Crippen LogP contribution in [0.4, 0.5) is 0 Å². The van der Waals surface area contributed by atoms with Crippen LogP contribution in [0, 0.1) is 6.92 Å². The molecule has 1 aromatic carbocycles. The van der Waals surface area contributed by atoms with E-state index in [1.807, 2.05) is 0 Å². The van der Waals surface area contributed by atoms with Gasteiger partial charge in [-0.1, -0.05) is 16.8 Å². The highest BCUT2D eigenvalue weighted by Gasteiger charge is 2.13. The fraction of sp³-hybridized carbons (Fsp3) is 0.250. The highest BCUT2D eigenvalue weighted by molar-refractivity contribution is 6.31. The van der Waals surface area contributed by atoms with E-state index < -0.39 is 0 Å². The molecule has 0 aliphatic heterocycles. The first-order valence-electron chi connectivity index (χ1n) is 5.51. The number of amides is 1. The normalized spacial score (nSPS) is 10.3. The van der Waals surface area contributed by atoms with Gasteiger partial charge in [-0.05, 0) is 18.2 Å². The Morgan fingerprint density at radius 1 is 1.53 bits per heavy atom. The van der Waals surface area contributed by atoms with Crippen molar-refractivity contribution in [3.8, 4) is 5.75 Å². The van der Waals surface area contributed by atoms with Gasteiger partial charge in [-0.2, -0.15) is 4.98 Å². The summed E-state index contributed by atoms with van der Waals surface area (Å²) in [7, 11) is 1.49. The van der Waals surface area contributed by atoms with Crippen molar-refractivity contribution in [1.29, 1.82) is 0 Å². The van der Waals surface area contributed by atoms with Gasteiger partial charge in [0.2, 0.25) is 5.89 Å². The molecular weight excluding hydrogens is 270 g/mol. The van der Waals surface area contributed by atoms with Gasteiger partial charge in [-0.15, -0.1) is 0 Å². The van der Waals surface area contributed by atoms with E-state index in [2.05, 4.69) is 15.5 Å². The standard InChI is InChI=1S/C12H12ClN3O3/c1-7-15-11(16-19-7)6-14-12(17)9-5-8(13)3-4-10(9)18-2/h3-5H,6H2,1-2H3,(H,14,17). The molecular formula is C12H12ClN3O3. The molecule has 0 aliphatic carbocycles. The van der Waals surface area contributed by atoms with Crippen molar-refractivity contribution >= 4 is 17.5 Å². The van der Waals surface area contributed by atoms with E-state index >= 15 is 0 Å². The first-order chi connectivity index (χ1) is 9.10. The molecule has 0 saturated carbocycles. The minimum Gasteiger partial charge on any atom is -0.496 e. The molecule has 19 heavy (non-hydrogen) atoms. The van der Waals surface area contributed by atoms with E-state index in [-0.39, 0.29) is 12.5 Å². The average molecular weight is 282 g/mol. The Balaban J connectivity index is 2.09. The van der Waals surface area contributed by atoms with Crippen LogP contribution < -0.4 is 10.1 Å². The van der Waals surface area contributed by atoms with Crippen LogP contribution in [-0.4, -0.2) is 23.2 Å². The Morgan fingerprint density at radius 3 is 2.95 bits per heavy atom. The predicted molar refractivity (Wildman–Crippen MR) is 68.2 cm³/mol. The molecule has 0 fully saturated rings. The second-order valence-electron chi connectivity index (χ2n) is 3.76. The van der Waals surface area contributed by atoms with E-state index in [1.54, 1.807) is 19.1 Å². The summed E-state index contributed by atoms with van der Waals surface area (Å²) in [4.78, 5) is 16.0. The predicted octanol–water partition coefficient (Wildman–Crippen LogP) is 1.97. The van der Waals surface area contributed by atoms with Crippen LogP contribution in [0.3, 0.4) is 0 Å². The Labute approximate surface area is 114 Å². The lowest BCUT2D eigenvalue weighted by Crippen LogP contribution is -2.24. The molecule has 2 aromatic rings. The quantitative estimate of drug-likeness (QED) is 0.927. The summed E-state index contributed by atoms with van der Waals surface area (Å²) in [5, 5.41) is 6.81. The lowest BCUT2D eigenvalue weighted by molar-refractivity contribution is 0.0946. The summed E-state index contributed by atoms with van der Waals surface area (Å²) in [5.41, 5.74) is 0.357. The van der Waals surface area contributed by atoms with Crippen molar-refractivity contribution in [3.05, 3.63) is 40.5 Å². The number of benzene rings is 1. The summed E-state index contributed by atoms with van der Waals surface area (Å²) in [6.45, 7) is 1.85. The molecule has 1 heterocycles. The van der Waals surface area contributed by atoms with Gasteiger partial charge in [-0.25, -0.2) is 0 Å². The van der Waals surface area contributed by atoms with Gasteiger partial charge >= 0.3 is 0 Å². The number of hydrogen-bond acceptors (Lipinski definition) is 5. The fourth-order valence-corrected chi connectivity index (χ4v) is 1.70. The first-order valence-corrected chi connectivity index (χ1v) is 5.89. The lowest BCUT2D eigenvalue weighted by Gasteiger charge is -2.08. The smallest absolute Gasteiger partial charge is 0.255 e. The number of nitrogens with zero attached hydrogens (tertiary/aromatic N) is 2. The van der Waals surface area contributed by atoms with Crippen molar-refractivity contribution in [2.45, 2.75) is 13.5 Å². The Bertz CT molecular complexity index is 598. The molecule has 0 bridgehead atoms. The number of rotatable bonds is 4. The molecule has 0 unspecified atom stereocenters. The van der Waals surface area contributed by atoms with Gasteiger partial charge in [0.15, 0.2) is 5.82 Å². The summed E-state index contributed by atoms with van der Waals surface area (Å²) in [6, 6.07) is 4.83. The number of nitrogens with one attached hydrogen (secondary N) is 1. The van der Waals surface area contributed by atoms with Crippen molar-refractivity contribution in [1.82, 2.24) is 15.5 Å². The third kappa shape index (κ3) is 3.23. The molecule has 0 radical (unpaired) electrons. The van der Waals surface area contributed by atoms with E-state index in [0.29, 0.717) is 28.1 Å². The molecule has 1 N–H and O–H groups in total. The zero-order valence-electron chi connectivity index (χ0n) is 10.4. The number of halogens is 1. The second-order valence-corrected chi connectivity index (χ2v) is 4.19. The van der Waals surface area contributed by atoms with Crippen LogP contribution in [0.25, 0.3) is 0 Å². The Hall–Kier alpha value is -2.08. The van der Waals surface area contributed by atoms with Crippen molar-refractivity contribution in [3.63, 3.8) is 0 Å². The SMILES string of the molecule is COc1ccc(Cl)cc1C(=O)NCc1noc(C)n1. The van der Waals surface area contributed by atoms with Gasteiger partial charge in [0.25, 0.3) is 5.91 Å². The number of carbonyl (C=O) groups excluding carboxylic acids is 1. The van der Waals surface area contributed by atoms with Crippen LogP contribution in [0.1, 0.15) is 22.1 Å². The Kier molecular flexibility index (Phi) is 4.01. The topological polar surface area (TPSA) is 77.2 Å². The average Bonchev–Trinajstić information content (AvgIpc) is 2.81. The molecule has 0 spiro atoms. The van der Waals surface area contributed by atoms with E-state index in [9.17, 15) is 4.79 Å². The van der Waals surface area contributed by atoms with Gasteiger partial charge in [-0.3, -0.25) is 4.79 Å². The monoisotopic (exact) mass is 281 g/mol. The summed E-state index contributed by atoms with van der Waals surface area (Å²) >= 11 is 5.86. The maximum Gasteiger partial charge on any atom is 0.255 e. The molecule has 1 amide bonds. The molecule has 0 atom stereocenters. The van der Waals surface area contributed by atoms with E-state index in [1.165, 1.54) is 13.2 Å². The molecule has 2 rings (SSSR count). The number of aromatic nitrogens is 2. The highest BCUT2D eigenvalue weighted by Crippen LogP contribution is 2.22. The molecule has 100 valence electrons. The van der Waals surface area contributed by atoms with Gasteiger partial charge in [0.05, 0.1) is 19.2 Å². The van der Waals surface area contributed by atoms with E-state index in [4.69, 9.17) is 20.9 Å². The number of hydrogen-bond donors (Lipinski definition) is 1. The molecule has 0 aliphatic rings. The van der Waals surface area contributed by atoms with Crippen molar-refractivity contribution in [2.24, 2.45) is 0 Å². The van der Waals surface area contributed by atoms with Crippen LogP contribution >= 0.6 is 11.6 Å². The number of ether oxygens (including phenoxy) is 1. The zero-order chi connectivity index (χ0) is 13.8. The molecule has 0 saturated heterocycles. The highest BCUT2D eigenvalue weighted by atomic mass is 35.5. The van der Waals surface area contributed by atoms with Gasteiger partial charge in [0, 0.05) is 11.9 Å². The summed E-state index contributed by atoms with van der Waals surface area (Å²) < 4.78 is 9.92. The molecule has 6 nitrogen and oxygen atoms in total. The van der Waals surface area contributed by atoms with Crippen molar-refractivity contribution in [2.75, 3.05) is 7.11 Å². The first kappa shape index (κ1) is 13.4. The third-order valence-corrected chi connectivity index (χ3v) is 2.62. The van der Waals surface area contributed by atoms with Gasteiger partial charge < -0.3 is 14.6 Å². The second kappa shape index (κ2) is 5.71. The Morgan fingerprint density at radius 2 is 2.32 bits per heavy atom. The maximum atomic E-state index is 12.0. The van der Waals surface area contributed by atoms with Crippen LogP contribution in [0.2, 0.25) is 5.02 Å². The van der Waals surface area contributed by atoms with Crippen LogP contribution in [-0.2, 0) is 6.54 Å². The zero-order valence-corrected chi connectivity index (χ0v) is 11.2.